The number of nitrogens with zero attached hydrogens (tertiary/aromatic N) is 2. The second kappa shape index (κ2) is 19.7. The van der Waals surface area contributed by atoms with Crippen LogP contribution in [0, 0.1) is 0 Å². The van der Waals surface area contributed by atoms with Crippen LogP contribution < -0.4 is 9.80 Å². The average Bonchev–Trinajstić information content (AvgIpc) is 3.24. The van der Waals surface area contributed by atoms with E-state index in [4.69, 9.17) is 0 Å². The quantitative estimate of drug-likeness (QED) is 0.133. The second-order valence-corrected chi connectivity index (χ2v) is 11.5. The maximum Gasteiger partial charge on any atom is 0.0462 e. The van der Waals surface area contributed by atoms with Crippen LogP contribution in [0.2, 0.25) is 0 Å². The van der Waals surface area contributed by atoms with E-state index in [1.807, 2.05) is 27.7 Å². The van der Waals surface area contributed by atoms with E-state index in [1.54, 1.807) is 0 Å². The first-order chi connectivity index (χ1) is 25.8. The van der Waals surface area contributed by atoms with Gasteiger partial charge in [-0.15, -0.1) is 0 Å². The van der Waals surface area contributed by atoms with Crippen LogP contribution in [-0.4, -0.2) is 0 Å². The number of rotatable bonds is 10. The molecule has 0 bridgehead atoms. The van der Waals surface area contributed by atoms with Crippen LogP contribution in [-0.2, 0) is 0 Å². The van der Waals surface area contributed by atoms with Gasteiger partial charge in [0.05, 0.1) is 0 Å². The maximum absolute atomic E-state index is 2.28. The highest BCUT2D eigenvalue weighted by atomic mass is 15.1. The van der Waals surface area contributed by atoms with Gasteiger partial charge in [0.2, 0.25) is 0 Å². The monoisotopic (exact) mass is 676 g/mol. The summed E-state index contributed by atoms with van der Waals surface area (Å²) in [5, 5.41) is 0. The van der Waals surface area contributed by atoms with Gasteiger partial charge < -0.3 is 9.80 Å². The molecule has 7 rings (SSSR count). The van der Waals surface area contributed by atoms with E-state index in [9.17, 15) is 0 Å². The van der Waals surface area contributed by atoms with E-state index < -0.39 is 0 Å². The van der Waals surface area contributed by atoms with Crippen molar-refractivity contribution in [3.8, 4) is 0 Å². The number of para-hydroxylation sites is 4. The summed E-state index contributed by atoms with van der Waals surface area (Å²) in [6.45, 7) is 8.00. The van der Waals surface area contributed by atoms with Gasteiger partial charge in [-0.1, -0.05) is 173 Å². The van der Waals surface area contributed by atoms with E-state index >= 15 is 0 Å². The van der Waals surface area contributed by atoms with Crippen LogP contribution in [0.5, 0.6) is 0 Å². The molecule has 7 aromatic carbocycles. The number of benzene rings is 7. The zero-order valence-electron chi connectivity index (χ0n) is 30.7. The van der Waals surface area contributed by atoms with Gasteiger partial charge in [-0.3, -0.25) is 0 Å². The summed E-state index contributed by atoms with van der Waals surface area (Å²) in [6.07, 6.45) is 8.66. The van der Waals surface area contributed by atoms with E-state index in [-0.39, 0.29) is 0 Å². The molecule has 0 aliphatic heterocycles. The summed E-state index contributed by atoms with van der Waals surface area (Å²) in [7, 11) is 0. The summed E-state index contributed by atoms with van der Waals surface area (Å²) >= 11 is 0. The van der Waals surface area contributed by atoms with Gasteiger partial charge in [-0.25, -0.2) is 0 Å². The van der Waals surface area contributed by atoms with E-state index in [2.05, 4.69) is 228 Å². The SMILES string of the molecule is C(=C\c1ccc(N(c2ccccc2)c2ccccc2)cc1)/c1ccc(/C=C/c2ccc(N(c3ccccc3)c3ccccc3)cc2)cc1.CC.CC. The van der Waals surface area contributed by atoms with Crippen molar-refractivity contribution in [1.82, 2.24) is 0 Å². The van der Waals surface area contributed by atoms with Gasteiger partial charge in [0.15, 0.2) is 0 Å². The molecule has 0 spiro atoms. The third-order valence-corrected chi connectivity index (χ3v) is 8.23. The van der Waals surface area contributed by atoms with Gasteiger partial charge in [0.1, 0.15) is 0 Å². The van der Waals surface area contributed by atoms with Crippen molar-refractivity contribution in [1.29, 1.82) is 0 Å². The number of hydrogen-bond acceptors (Lipinski definition) is 2. The Kier molecular flexibility index (Phi) is 14.0. The summed E-state index contributed by atoms with van der Waals surface area (Å²) < 4.78 is 0. The van der Waals surface area contributed by atoms with Crippen LogP contribution in [0.1, 0.15) is 49.9 Å². The summed E-state index contributed by atoms with van der Waals surface area (Å²) in [4.78, 5) is 4.55. The smallest absolute Gasteiger partial charge is 0.0462 e. The topological polar surface area (TPSA) is 6.48 Å². The molecule has 2 heteroatoms. The first-order valence-corrected chi connectivity index (χ1v) is 18.3. The minimum Gasteiger partial charge on any atom is -0.311 e. The van der Waals surface area contributed by atoms with Crippen molar-refractivity contribution in [2.75, 3.05) is 9.80 Å². The lowest BCUT2D eigenvalue weighted by Gasteiger charge is -2.25. The molecule has 0 N–H and O–H groups in total. The van der Waals surface area contributed by atoms with Gasteiger partial charge in [-0.2, -0.15) is 0 Å². The zero-order chi connectivity index (χ0) is 36.4. The maximum atomic E-state index is 2.28. The van der Waals surface area contributed by atoms with Crippen molar-refractivity contribution in [3.05, 3.63) is 216 Å². The molecule has 0 aromatic heterocycles. The Bertz CT molecular complexity index is 1830. The van der Waals surface area contributed by atoms with Gasteiger partial charge in [0, 0.05) is 34.1 Å². The Balaban J connectivity index is 0.00000126. The van der Waals surface area contributed by atoms with Crippen molar-refractivity contribution in [3.63, 3.8) is 0 Å². The Morgan fingerprint density at radius 1 is 0.231 bits per heavy atom. The summed E-state index contributed by atoms with van der Waals surface area (Å²) in [5.74, 6) is 0. The summed E-state index contributed by atoms with van der Waals surface area (Å²) in [6, 6.07) is 68.0. The van der Waals surface area contributed by atoms with Crippen molar-refractivity contribution in [2.24, 2.45) is 0 Å². The molecule has 7 aromatic rings. The molecule has 0 aliphatic rings. The molecule has 0 atom stereocenters. The highest BCUT2D eigenvalue weighted by Crippen LogP contribution is 2.35. The standard InChI is InChI=1S/C46H36N2.2C2H6/c1-5-13-41(14-6-1)47(42-15-7-2-8-16-42)45-33-29-39(30-34-45)27-25-37-21-23-38(24-22-37)26-28-40-31-35-46(36-32-40)48(43-17-9-3-10-18-43)44-19-11-4-12-20-44;2*1-2/h1-36H;2*1-2H3/b27-25+,28-26+;;. The molecule has 258 valence electrons. The summed E-state index contributed by atoms with van der Waals surface area (Å²) in [5.41, 5.74) is 11.4. The molecule has 0 heterocycles. The molecular formula is C50H48N2. The fraction of sp³-hybridized carbons (Fsp3) is 0.0800. The van der Waals surface area contributed by atoms with Crippen LogP contribution in [0.3, 0.4) is 0 Å². The third kappa shape index (κ3) is 9.87. The first kappa shape index (κ1) is 36.9. The molecule has 52 heavy (non-hydrogen) atoms. The lowest BCUT2D eigenvalue weighted by atomic mass is 10.1. The van der Waals surface area contributed by atoms with Crippen molar-refractivity contribution >= 4 is 58.4 Å². The fourth-order valence-electron chi connectivity index (χ4n) is 5.77. The largest absolute Gasteiger partial charge is 0.311 e. The Morgan fingerprint density at radius 3 is 0.615 bits per heavy atom. The number of hydrogen-bond donors (Lipinski definition) is 0. The molecule has 2 nitrogen and oxygen atoms in total. The van der Waals surface area contributed by atoms with Crippen molar-refractivity contribution < 1.29 is 0 Å². The lowest BCUT2D eigenvalue weighted by Crippen LogP contribution is -2.09. The lowest BCUT2D eigenvalue weighted by molar-refractivity contribution is 1.28. The van der Waals surface area contributed by atoms with Gasteiger partial charge in [-0.05, 0) is 95.1 Å². The molecule has 0 radical (unpaired) electrons. The van der Waals surface area contributed by atoms with Gasteiger partial charge in [0.25, 0.3) is 0 Å². The Hall–Kier alpha value is -6.38. The van der Waals surface area contributed by atoms with Crippen LogP contribution in [0.15, 0.2) is 194 Å². The molecule has 0 saturated heterocycles. The average molecular weight is 677 g/mol. The number of anilines is 6. The minimum atomic E-state index is 1.13. The Labute approximate surface area is 311 Å². The van der Waals surface area contributed by atoms with Crippen LogP contribution >= 0.6 is 0 Å². The molecule has 0 fully saturated rings. The van der Waals surface area contributed by atoms with E-state index in [0.29, 0.717) is 0 Å². The normalized spacial score (nSPS) is 10.5. The zero-order valence-corrected chi connectivity index (χ0v) is 30.7. The van der Waals surface area contributed by atoms with Crippen LogP contribution in [0.25, 0.3) is 24.3 Å². The molecular weight excluding hydrogens is 629 g/mol. The fourth-order valence-corrected chi connectivity index (χ4v) is 5.77. The van der Waals surface area contributed by atoms with E-state index in [0.717, 1.165) is 56.4 Å². The predicted octanol–water partition coefficient (Wildman–Crippen LogP) is 15.0. The third-order valence-electron chi connectivity index (χ3n) is 8.23. The van der Waals surface area contributed by atoms with Crippen molar-refractivity contribution in [2.45, 2.75) is 27.7 Å². The molecule has 0 amide bonds. The van der Waals surface area contributed by atoms with E-state index in [1.165, 1.54) is 0 Å². The second-order valence-electron chi connectivity index (χ2n) is 11.5. The molecule has 0 saturated carbocycles. The van der Waals surface area contributed by atoms with Gasteiger partial charge >= 0.3 is 0 Å². The minimum absolute atomic E-state index is 1.13. The molecule has 0 unspecified atom stereocenters. The first-order valence-electron chi connectivity index (χ1n) is 18.3. The highest BCUT2D eigenvalue weighted by molar-refractivity contribution is 5.80. The highest BCUT2D eigenvalue weighted by Gasteiger charge is 2.12. The Morgan fingerprint density at radius 2 is 0.404 bits per heavy atom. The van der Waals surface area contributed by atoms with Crippen LogP contribution in [0.4, 0.5) is 34.1 Å². The molecule has 0 aliphatic carbocycles. The predicted molar refractivity (Wildman–Crippen MR) is 229 cm³/mol.